The van der Waals surface area contributed by atoms with E-state index in [1.165, 1.54) is 13.2 Å². The van der Waals surface area contributed by atoms with E-state index in [2.05, 4.69) is 4.74 Å². The number of likely N-dealkylation sites (N-methyl/N-ethyl adjacent to an activating group) is 1. The highest BCUT2D eigenvalue weighted by Gasteiger charge is 2.09. The molecule has 0 atom stereocenters. The van der Waals surface area contributed by atoms with Crippen LogP contribution in [0.2, 0.25) is 0 Å². The summed E-state index contributed by atoms with van der Waals surface area (Å²) >= 11 is 0. The molecule has 0 fully saturated rings. The fourth-order valence-corrected chi connectivity index (χ4v) is 2.47. The molecule has 0 saturated carbocycles. The van der Waals surface area contributed by atoms with Gasteiger partial charge in [0.1, 0.15) is 0 Å². The first-order valence-corrected chi connectivity index (χ1v) is 8.31. The van der Waals surface area contributed by atoms with Gasteiger partial charge in [-0.15, -0.1) is 0 Å². The van der Waals surface area contributed by atoms with Gasteiger partial charge in [-0.3, -0.25) is 4.79 Å². The number of rotatable bonds is 7. The van der Waals surface area contributed by atoms with Crippen molar-refractivity contribution in [2.75, 3.05) is 28.4 Å². The highest BCUT2D eigenvalue weighted by Crippen LogP contribution is 2.28. The van der Waals surface area contributed by atoms with Crippen LogP contribution in [-0.4, -0.2) is 45.2 Å². The van der Waals surface area contributed by atoms with Gasteiger partial charge < -0.3 is 19.1 Å². The van der Waals surface area contributed by atoms with Gasteiger partial charge in [-0.05, 0) is 41.5 Å². The molecular weight excluding hydrogens is 346 g/mol. The molecule has 2 aromatic carbocycles. The van der Waals surface area contributed by atoms with Gasteiger partial charge in [-0.2, -0.15) is 0 Å². The summed E-state index contributed by atoms with van der Waals surface area (Å²) in [6.07, 6.45) is 3.23. The van der Waals surface area contributed by atoms with E-state index in [1.54, 1.807) is 68.6 Å². The first kappa shape index (κ1) is 20.0. The Labute approximate surface area is 159 Å². The molecule has 0 bridgehead atoms. The largest absolute Gasteiger partial charge is 0.493 e. The number of carbonyl (C=O) groups is 2. The zero-order chi connectivity index (χ0) is 19.8. The van der Waals surface area contributed by atoms with Crippen LogP contribution in [0.3, 0.4) is 0 Å². The van der Waals surface area contributed by atoms with Gasteiger partial charge in [0.2, 0.25) is 5.91 Å². The van der Waals surface area contributed by atoms with Crippen molar-refractivity contribution in [2.45, 2.75) is 6.54 Å². The summed E-state index contributed by atoms with van der Waals surface area (Å²) in [5.74, 6) is 0.713. The van der Waals surface area contributed by atoms with Gasteiger partial charge in [0, 0.05) is 19.7 Å². The Kier molecular flexibility index (Phi) is 7.00. The minimum Gasteiger partial charge on any atom is -0.493 e. The Hall–Kier alpha value is -3.28. The molecule has 0 aliphatic carbocycles. The van der Waals surface area contributed by atoms with Crippen molar-refractivity contribution in [3.8, 4) is 11.5 Å². The maximum absolute atomic E-state index is 12.3. The predicted molar refractivity (Wildman–Crippen MR) is 103 cm³/mol. The fraction of sp³-hybridized carbons (Fsp3) is 0.238. The number of nitrogens with zero attached hydrogens (tertiary/aromatic N) is 1. The lowest BCUT2D eigenvalue weighted by molar-refractivity contribution is -0.125. The number of methoxy groups -OCH3 is 3. The maximum atomic E-state index is 12.3. The third-order valence-corrected chi connectivity index (χ3v) is 4.00. The molecule has 1 amide bonds. The van der Waals surface area contributed by atoms with Crippen LogP contribution in [0.4, 0.5) is 0 Å². The standard InChI is InChI=1S/C21H23NO5/c1-22(14-16-5-9-17(10-6-16)21(24)27-4)20(23)12-8-15-7-11-18(25-2)19(13-15)26-3/h5-13H,14H2,1-4H3/b12-8+. The van der Waals surface area contributed by atoms with Crippen LogP contribution in [-0.2, 0) is 16.1 Å². The zero-order valence-electron chi connectivity index (χ0n) is 15.9. The quantitative estimate of drug-likeness (QED) is 0.554. The second-order valence-electron chi connectivity index (χ2n) is 5.83. The van der Waals surface area contributed by atoms with Crippen molar-refractivity contribution < 1.29 is 23.8 Å². The van der Waals surface area contributed by atoms with E-state index in [9.17, 15) is 9.59 Å². The van der Waals surface area contributed by atoms with Crippen LogP contribution >= 0.6 is 0 Å². The highest BCUT2D eigenvalue weighted by atomic mass is 16.5. The van der Waals surface area contributed by atoms with E-state index in [0.29, 0.717) is 23.6 Å². The molecule has 2 rings (SSSR count). The normalized spacial score (nSPS) is 10.5. The maximum Gasteiger partial charge on any atom is 0.337 e. The number of esters is 1. The highest BCUT2D eigenvalue weighted by molar-refractivity contribution is 5.92. The van der Waals surface area contributed by atoms with E-state index in [4.69, 9.17) is 9.47 Å². The Bertz CT molecular complexity index is 827. The van der Waals surface area contributed by atoms with Crippen LogP contribution in [0.1, 0.15) is 21.5 Å². The van der Waals surface area contributed by atoms with Crippen LogP contribution in [0.25, 0.3) is 6.08 Å². The fourth-order valence-electron chi connectivity index (χ4n) is 2.47. The predicted octanol–water partition coefficient (Wildman–Crippen LogP) is 3.16. The lowest BCUT2D eigenvalue weighted by atomic mass is 10.1. The molecule has 0 aromatic heterocycles. The van der Waals surface area contributed by atoms with Gasteiger partial charge in [-0.25, -0.2) is 4.79 Å². The molecule has 27 heavy (non-hydrogen) atoms. The van der Waals surface area contributed by atoms with Crippen LogP contribution in [0, 0.1) is 0 Å². The number of hydrogen-bond acceptors (Lipinski definition) is 5. The minimum atomic E-state index is -0.385. The van der Waals surface area contributed by atoms with E-state index >= 15 is 0 Å². The molecule has 0 N–H and O–H groups in total. The van der Waals surface area contributed by atoms with Crippen LogP contribution < -0.4 is 9.47 Å². The summed E-state index contributed by atoms with van der Waals surface area (Å²) in [6, 6.07) is 12.4. The zero-order valence-corrected chi connectivity index (χ0v) is 15.9. The van der Waals surface area contributed by atoms with Crippen molar-refractivity contribution in [1.29, 1.82) is 0 Å². The smallest absolute Gasteiger partial charge is 0.337 e. The number of benzene rings is 2. The molecule has 0 aliphatic heterocycles. The van der Waals surface area contributed by atoms with E-state index in [1.807, 2.05) is 6.07 Å². The number of hydrogen-bond donors (Lipinski definition) is 0. The van der Waals surface area contributed by atoms with Gasteiger partial charge in [0.25, 0.3) is 0 Å². The summed E-state index contributed by atoms with van der Waals surface area (Å²) < 4.78 is 15.1. The van der Waals surface area contributed by atoms with Crippen LogP contribution in [0.15, 0.2) is 48.5 Å². The molecule has 6 nitrogen and oxygen atoms in total. The third-order valence-electron chi connectivity index (χ3n) is 4.00. The monoisotopic (exact) mass is 369 g/mol. The second-order valence-corrected chi connectivity index (χ2v) is 5.83. The molecular formula is C21H23NO5. The van der Waals surface area contributed by atoms with Crippen LogP contribution in [0.5, 0.6) is 11.5 Å². The summed E-state index contributed by atoms with van der Waals surface area (Å²) in [4.78, 5) is 25.4. The third kappa shape index (κ3) is 5.34. The van der Waals surface area contributed by atoms with E-state index in [0.717, 1.165) is 11.1 Å². The molecule has 0 unspecified atom stereocenters. The topological polar surface area (TPSA) is 65.1 Å². The molecule has 0 heterocycles. The molecule has 0 aliphatic rings. The Morgan fingerprint density at radius 2 is 1.63 bits per heavy atom. The number of carbonyl (C=O) groups excluding carboxylic acids is 2. The van der Waals surface area contributed by atoms with Gasteiger partial charge >= 0.3 is 5.97 Å². The number of ether oxygens (including phenoxy) is 3. The first-order chi connectivity index (χ1) is 13.0. The molecule has 142 valence electrons. The Morgan fingerprint density at radius 3 is 2.22 bits per heavy atom. The average Bonchev–Trinajstić information content (AvgIpc) is 2.71. The Balaban J connectivity index is 2.00. The van der Waals surface area contributed by atoms with Crippen molar-refractivity contribution >= 4 is 18.0 Å². The minimum absolute atomic E-state index is 0.137. The molecule has 6 heteroatoms. The first-order valence-electron chi connectivity index (χ1n) is 8.31. The molecule has 0 saturated heterocycles. The van der Waals surface area contributed by atoms with E-state index in [-0.39, 0.29) is 11.9 Å². The summed E-state index contributed by atoms with van der Waals surface area (Å²) in [5.41, 5.74) is 2.22. The number of amides is 1. The lowest BCUT2D eigenvalue weighted by Gasteiger charge is -2.15. The lowest BCUT2D eigenvalue weighted by Crippen LogP contribution is -2.24. The second kappa shape index (κ2) is 9.43. The van der Waals surface area contributed by atoms with Crippen molar-refractivity contribution in [3.05, 3.63) is 65.2 Å². The van der Waals surface area contributed by atoms with E-state index < -0.39 is 0 Å². The Morgan fingerprint density at radius 1 is 0.963 bits per heavy atom. The van der Waals surface area contributed by atoms with Crippen molar-refractivity contribution in [1.82, 2.24) is 4.90 Å². The van der Waals surface area contributed by atoms with Gasteiger partial charge in [0.05, 0.1) is 26.9 Å². The van der Waals surface area contributed by atoms with Gasteiger partial charge in [0.15, 0.2) is 11.5 Å². The summed E-state index contributed by atoms with van der Waals surface area (Å²) in [7, 11) is 6.20. The summed E-state index contributed by atoms with van der Waals surface area (Å²) in [5, 5.41) is 0. The van der Waals surface area contributed by atoms with Crippen molar-refractivity contribution in [3.63, 3.8) is 0 Å². The average molecular weight is 369 g/mol. The molecule has 0 radical (unpaired) electrons. The molecule has 2 aromatic rings. The summed E-state index contributed by atoms with van der Waals surface area (Å²) in [6.45, 7) is 0.427. The van der Waals surface area contributed by atoms with Crippen molar-refractivity contribution in [2.24, 2.45) is 0 Å². The molecule has 0 spiro atoms. The van der Waals surface area contributed by atoms with Gasteiger partial charge in [-0.1, -0.05) is 18.2 Å². The SMILES string of the molecule is COC(=O)c1ccc(CN(C)C(=O)/C=C/c2ccc(OC)c(OC)c2)cc1.